The summed E-state index contributed by atoms with van der Waals surface area (Å²) in [5, 5.41) is 3.02. The SMILES string of the molecule is CNC(c1c(F)cccc1F)C1CN2CCCC2CO1. The molecule has 2 saturated heterocycles. The van der Waals surface area contributed by atoms with Gasteiger partial charge in [0, 0.05) is 18.2 Å². The molecule has 0 aliphatic carbocycles. The number of rotatable bonds is 3. The fourth-order valence-electron chi connectivity index (χ4n) is 3.37. The standard InChI is InChI=1S/C15H20F2N2O/c1-18-15(14-11(16)5-2-6-12(14)17)13-8-19-7-3-4-10(19)9-20-13/h2,5-6,10,13,15,18H,3-4,7-9H2,1H3. The number of likely N-dealkylation sites (N-methyl/N-ethyl adjacent to an activating group) is 1. The largest absolute Gasteiger partial charge is 0.373 e. The molecule has 3 nitrogen and oxygen atoms in total. The third-order valence-corrected chi connectivity index (χ3v) is 4.41. The lowest BCUT2D eigenvalue weighted by atomic mass is 9.98. The van der Waals surface area contributed by atoms with Crippen molar-refractivity contribution in [1.82, 2.24) is 10.2 Å². The number of nitrogens with one attached hydrogen (secondary N) is 1. The van der Waals surface area contributed by atoms with E-state index < -0.39 is 17.7 Å². The van der Waals surface area contributed by atoms with Gasteiger partial charge < -0.3 is 10.1 Å². The van der Waals surface area contributed by atoms with Crippen LogP contribution in [0, 0.1) is 11.6 Å². The Kier molecular flexibility index (Phi) is 4.01. The van der Waals surface area contributed by atoms with E-state index >= 15 is 0 Å². The molecule has 1 aromatic rings. The Labute approximate surface area is 117 Å². The number of nitrogens with zero attached hydrogens (tertiary/aromatic N) is 1. The summed E-state index contributed by atoms with van der Waals surface area (Å²) in [5.41, 5.74) is 0.0812. The Morgan fingerprint density at radius 1 is 1.35 bits per heavy atom. The smallest absolute Gasteiger partial charge is 0.131 e. The molecular formula is C15H20F2N2O. The van der Waals surface area contributed by atoms with Crippen molar-refractivity contribution < 1.29 is 13.5 Å². The minimum Gasteiger partial charge on any atom is -0.373 e. The molecule has 3 atom stereocenters. The zero-order valence-electron chi connectivity index (χ0n) is 11.6. The van der Waals surface area contributed by atoms with Crippen molar-refractivity contribution in [3.05, 3.63) is 35.4 Å². The lowest BCUT2D eigenvalue weighted by molar-refractivity contribution is -0.0651. The molecule has 3 rings (SSSR count). The fourth-order valence-corrected chi connectivity index (χ4v) is 3.37. The monoisotopic (exact) mass is 282 g/mol. The van der Waals surface area contributed by atoms with Gasteiger partial charge in [0.15, 0.2) is 0 Å². The molecule has 2 heterocycles. The van der Waals surface area contributed by atoms with Crippen LogP contribution in [0.25, 0.3) is 0 Å². The van der Waals surface area contributed by atoms with Crippen LogP contribution >= 0.6 is 0 Å². The van der Waals surface area contributed by atoms with E-state index in [0.29, 0.717) is 12.6 Å². The predicted octanol–water partition coefficient (Wildman–Crippen LogP) is 2.09. The molecule has 1 N–H and O–H groups in total. The lowest BCUT2D eigenvalue weighted by Crippen LogP contribution is -2.50. The maximum atomic E-state index is 14.0. The molecular weight excluding hydrogens is 262 g/mol. The molecule has 0 radical (unpaired) electrons. The number of morpholine rings is 1. The molecule has 0 saturated carbocycles. The minimum atomic E-state index is -0.517. The van der Waals surface area contributed by atoms with E-state index in [1.807, 2.05) is 0 Å². The summed E-state index contributed by atoms with van der Waals surface area (Å²) in [5.74, 6) is -1.03. The highest BCUT2D eigenvalue weighted by Gasteiger charge is 2.37. The third kappa shape index (κ3) is 2.45. The second-order valence-corrected chi connectivity index (χ2v) is 5.56. The summed E-state index contributed by atoms with van der Waals surface area (Å²) in [6, 6.07) is 4.00. The quantitative estimate of drug-likeness (QED) is 0.919. The van der Waals surface area contributed by atoms with Crippen molar-refractivity contribution in [2.45, 2.75) is 31.0 Å². The summed E-state index contributed by atoms with van der Waals surface area (Å²) >= 11 is 0. The van der Waals surface area contributed by atoms with Gasteiger partial charge in [-0.2, -0.15) is 0 Å². The maximum absolute atomic E-state index is 14.0. The lowest BCUT2D eigenvalue weighted by Gasteiger charge is -2.39. The first-order valence-electron chi connectivity index (χ1n) is 7.17. The summed E-state index contributed by atoms with van der Waals surface area (Å²) in [4.78, 5) is 2.37. The van der Waals surface area contributed by atoms with Crippen LogP contribution in [0.3, 0.4) is 0 Å². The highest BCUT2D eigenvalue weighted by Crippen LogP contribution is 2.30. The van der Waals surface area contributed by atoms with E-state index in [1.165, 1.54) is 24.6 Å². The van der Waals surface area contributed by atoms with Gasteiger partial charge in [-0.15, -0.1) is 0 Å². The molecule has 0 spiro atoms. The molecule has 1 aromatic carbocycles. The van der Waals surface area contributed by atoms with E-state index in [0.717, 1.165) is 19.5 Å². The number of benzene rings is 1. The number of halogens is 2. The van der Waals surface area contributed by atoms with Gasteiger partial charge in [-0.25, -0.2) is 8.78 Å². The van der Waals surface area contributed by atoms with Crippen molar-refractivity contribution in [3.8, 4) is 0 Å². The zero-order valence-corrected chi connectivity index (χ0v) is 11.6. The van der Waals surface area contributed by atoms with Gasteiger partial charge in [0.05, 0.1) is 18.8 Å². The Hall–Kier alpha value is -1.04. The Balaban J connectivity index is 1.83. The van der Waals surface area contributed by atoms with Gasteiger partial charge in [0.1, 0.15) is 11.6 Å². The van der Waals surface area contributed by atoms with E-state index in [9.17, 15) is 8.78 Å². The van der Waals surface area contributed by atoms with Crippen LogP contribution in [0.15, 0.2) is 18.2 Å². The van der Waals surface area contributed by atoms with Crippen molar-refractivity contribution in [3.63, 3.8) is 0 Å². The topological polar surface area (TPSA) is 24.5 Å². The van der Waals surface area contributed by atoms with Crippen LogP contribution in [0.2, 0.25) is 0 Å². The molecule has 5 heteroatoms. The molecule has 2 aliphatic heterocycles. The second kappa shape index (κ2) is 5.76. The predicted molar refractivity (Wildman–Crippen MR) is 72.5 cm³/mol. The van der Waals surface area contributed by atoms with Crippen LogP contribution in [0.4, 0.5) is 8.78 Å². The molecule has 0 aromatic heterocycles. The number of fused-ring (bicyclic) bond motifs is 1. The summed E-state index contributed by atoms with van der Waals surface area (Å²) in [6.07, 6.45) is 2.12. The second-order valence-electron chi connectivity index (χ2n) is 5.56. The van der Waals surface area contributed by atoms with E-state index in [2.05, 4.69) is 10.2 Å². The number of ether oxygens (including phenoxy) is 1. The van der Waals surface area contributed by atoms with Crippen LogP contribution in [0.5, 0.6) is 0 Å². The van der Waals surface area contributed by atoms with Crippen molar-refractivity contribution >= 4 is 0 Å². The molecule has 110 valence electrons. The summed E-state index contributed by atoms with van der Waals surface area (Å²) in [7, 11) is 1.72. The van der Waals surface area contributed by atoms with Gasteiger partial charge in [-0.3, -0.25) is 4.90 Å². The van der Waals surface area contributed by atoms with Crippen molar-refractivity contribution in [2.24, 2.45) is 0 Å². The molecule has 0 amide bonds. The highest BCUT2D eigenvalue weighted by atomic mass is 19.1. The Bertz CT molecular complexity index is 463. The van der Waals surface area contributed by atoms with Gasteiger partial charge >= 0.3 is 0 Å². The van der Waals surface area contributed by atoms with Crippen molar-refractivity contribution in [1.29, 1.82) is 0 Å². The first-order chi connectivity index (χ1) is 9.70. The molecule has 2 aliphatic rings. The van der Waals surface area contributed by atoms with Crippen LogP contribution in [0.1, 0.15) is 24.4 Å². The first-order valence-corrected chi connectivity index (χ1v) is 7.17. The highest BCUT2D eigenvalue weighted by molar-refractivity contribution is 5.24. The number of hydrogen-bond donors (Lipinski definition) is 1. The normalized spacial score (nSPS) is 28.4. The van der Waals surface area contributed by atoms with Gasteiger partial charge in [0.25, 0.3) is 0 Å². The molecule has 3 unspecified atom stereocenters. The third-order valence-electron chi connectivity index (χ3n) is 4.41. The van der Waals surface area contributed by atoms with Crippen LogP contribution in [-0.2, 0) is 4.74 Å². The number of hydrogen-bond acceptors (Lipinski definition) is 3. The van der Waals surface area contributed by atoms with E-state index in [4.69, 9.17) is 4.74 Å². The fraction of sp³-hybridized carbons (Fsp3) is 0.600. The van der Waals surface area contributed by atoms with Crippen molar-refractivity contribution in [2.75, 3.05) is 26.7 Å². The Morgan fingerprint density at radius 3 is 2.80 bits per heavy atom. The van der Waals surface area contributed by atoms with Gasteiger partial charge in [-0.1, -0.05) is 6.07 Å². The first kappa shape index (κ1) is 13.9. The van der Waals surface area contributed by atoms with Gasteiger partial charge in [-0.05, 0) is 38.6 Å². The van der Waals surface area contributed by atoms with E-state index in [-0.39, 0.29) is 11.7 Å². The molecule has 20 heavy (non-hydrogen) atoms. The summed E-state index contributed by atoms with van der Waals surface area (Å²) in [6.45, 7) is 2.43. The summed E-state index contributed by atoms with van der Waals surface area (Å²) < 4.78 is 33.8. The van der Waals surface area contributed by atoms with Gasteiger partial charge in [0.2, 0.25) is 0 Å². The Morgan fingerprint density at radius 2 is 2.10 bits per heavy atom. The average molecular weight is 282 g/mol. The molecule has 0 bridgehead atoms. The minimum absolute atomic E-state index is 0.0812. The average Bonchev–Trinajstić information content (AvgIpc) is 2.90. The zero-order chi connectivity index (χ0) is 14.1. The van der Waals surface area contributed by atoms with Crippen LogP contribution < -0.4 is 5.32 Å². The maximum Gasteiger partial charge on any atom is 0.131 e. The van der Waals surface area contributed by atoms with E-state index in [1.54, 1.807) is 7.05 Å². The molecule has 2 fully saturated rings. The van der Waals surface area contributed by atoms with Crippen LogP contribution in [-0.4, -0.2) is 43.8 Å².